The van der Waals surface area contributed by atoms with Gasteiger partial charge in [-0.15, -0.1) is 11.8 Å². The van der Waals surface area contributed by atoms with E-state index in [1.54, 1.807) is 17.0 Å². The molecule has 0 radical (unpaired) electrons. The zero-order valence-corrected chi connectivity index (χ0v) is 14.3. The highest BCUT2D eigenvalue weighted by Gasteiger charge is 2.27. The van der Waals surface area contributed by atoms with E-state index < -0.39 is 5.97 Å². The molecule has 0 spiro atoms. The molecule has 0 aromatic heterocycles. The molecule has 1 aliphatic heterocycles. The quantitative estimate of drug-likeness (QED) is 0.727. The number of carbonyl (C=O) groups is 3. The maximum atomic E-state index is 12.3. The number of carboxylic acid groups (broad SMARTS) is 1. The lowest BCUT2D eigenvalue weighted by molar-refractivity contribution is -0.134. The number of carbonyl (C=O) groups excluding carboxylic acids is 2. The van der Waals surface area contributed by atoms with Crippen LogP contribution in [0, 0.1) is 5.92 Å². The molecule has 130 valence electrons. The summed E-state index contributed by atoms with van der Waals surface area (Å²) in [6.45, 7) is 1.64. The van der Waals surface area contributed by atoms with Gasteiger partial charge in [-0.05, 0) is 25.0 Å². The van der Waals surface area contributed by atoms with E-state index in [0.717, 1.165) is 0 Å². The second-order valence-electron chi connectivity index (χ2n) is 5.67. The van der Waals surface area contributed by atoms with Crippen molar-refractivity contribution in [2.45, 2.75) is 12.8 Å². The van der Waals surface area contributed by atoms with Gasteiger partial charge < -0.3 is 15.3 Å². The van der Waals surface area contributed by atoms with Gasteiger partial charge in [-0.25, -0.2) is 0 Å². The van der Waals surface area contributed by atoms with Crippen LogP contribution in [0.25, 0.3) is 0 Å². The molecule has 1 saturated heterocycles. The molecule has 0 atom stereocenters. The van der Waals surface area contributed by atoms with Gasteiger partial charge in [0.2, 0.25) is 5.91 Å². The molecular formula is C17H22N2O4S. The summed E-state index contributed by atoms with van der Waals surface area (Å²) in [5, 5.41) is 11.4. The normalized spacial score (nSPS) is 15.1. The van der Waals surface area contributed by atoms with Crippen LogP contribution in [0.15, 0.2) is 30.3 Å². The number of hydrogen-bond acceptors (Lipinski definition) is 4. The number of nitrogens with zero attached hydrogens (tertiary/aromatic N) is 1. The summed E-state index contributed by atoms with van der Waals surface area (Å²) in [4.78, 5) is 36.6. The van der Waals surface area contributed by atoms with Crippen LogP contribution in [0.1, 0.15) is 23.2 Å². The molecule has 0 bridgehead atoms. The number of nitrogens with one attached hydrogen (secondary N) is 1. The molecule has 1 aromatic carbocycles. The molecule has 2 amide bonds. The van der Waals surface area contributed by atoms with E-state index in [2.05, 4.69) is 5.32 Å². The molecule has 0 saturated carbocycles. The fraction of sp³-hybridized carbons (Fsp3) is 0.471. The SMILES string of the molecule is O=C(O)CSCCNC(=O)C1CCN(C(=O)c2ccccc2)CC1. The lowest BCUT2D eigenvalue weighted by atomic mass is 9.95. The lowest BCUT2D eigenvalue weighted by Crippen LogP contribution is -2.43. The molecule has 1 fully saturated rings. The monoisotopic (exact) mass is 350 g/mol. The molecule has 0 unspecified atom stereocenters. The van der Waals surface area contributed by atoms with E-state index in [1.165, 1.54) is 11.8 Å². The molecule has 1 aromatic rings. The number of benzene rings is 1. The van der Waals surface area contributed by atoms with E-state index >= 15 is 0 Å². The van der Waals surface area contributed by atoms with Gasteiger partial charge in [-0.2, -0.15) is 0 Å². The van der Waals surface area contributed by atoms with E-state index in [4.69, 9.17) is 5.11 Å². The summed E-state index contributed by atoms with van der Waals surface area (Å²) in [7, 11) is 0. The van der Waals surface area contributed by atoms with Crippen LogP contribution in [0.2, 0.25) is 0 Å². The first-order valence-corrected chi connectivity index (χ1v) is 9.15. The van der Waals surface area contributed by atoms with Crippen molar-refractivity contribution in [2.75, 3.05) is 31.1 Å². The van der Waals surface area contributed by atoms with E-state index in [0.29, 0.717) is 43.8 Å². The minimum absolute atomic E-state index is 0.00210. The van der Waals surface area contributed by atoms with Crippen molar-refractivity contribution in [3.8, 4) is 0 Å². The standard InChI is InChI=1S/C17H22N2O4S/c20-15(21)12-24-11-8-18-16(22)13-6-9-19(10-7-13)17(23)14-4-2-1-3-5-14/h1-5,13H,6-12H2,(H,18,22)(H,20,21). The van der Waals surface area contributed by atoms with E-state index in [1.807, 2.05) is 18.2 Å². The predicted molar refractivity (Wildman–Crippen MR) is 93.0 cm³/mol. The number of carboxylic acids is 1. The van der Waals surface area contributed by atoms with Crippen molar-refractivity contribution in [3.63, 3.8) is 0 Å². The summed E-state index contributed by atoms with van der Waals surface area (Å²) < 4.78 is 0. The van der Waals surface area contributed by atoms with E-state index in [9.17, 15) is 14.4 Å². The third-order valence-electron chi connectivity index (χ3n) is 3.94. The van der Waals surface area contributed by atoms with Gasteiger partial charge in [0.25, 0.3) is 5.91 Å². The van der Waals surface area contributed by atoms with Crippen LogP contribution in [-0.2, 0) is 9.59 Å². The van der Waals surface area contributed by atoms with Crippen molar-refractivity contribution in [2.24, 2.45) is 5.92 Å². The van der Waals surface area contributed by atoms with Crippen molar-refractivity contribution < 1.29 is 19.5 Å². The van der Waals surface area contributed by atoms with Gasteiger partial charge >= 0.3 is 5.97 Å². The number of rotatable bonds is 7. The Morgan fingerprint density at radius 2 is 1.83 bits per heavy atom. The molecule has 2 N–H and O–H groups in total. The first kappa shape index (κ1) is 18.3. The van der Waals surface area contributed by atoms with Crippen molar-refractivity contribution >= 4 is 29.5 Å². The fourth-order valence-electron chi connectivity index (χ4n) is 2.66. The Morgan fingerprint density at radius 3 is 2.46 bits per heavy atom. The number of likely N-dealkylation sites (tertiary alicyclic amines) is 1. The molecule has 24 heavy (non-hydrogen) atoms. The largest absolute Gasteiger partial charge is 0.481 e. The smallest absolute Gasteiger partial charge is 0.313 e. The lowest BCUT2D eigenvalue weighted by Gasteiger charge is -2.31. The van der Waals surface area contributed by atoms with Crippen LogP contribution in [-0.4, -0.2) is 58.9 Å². The average Bonchev–Trinajstić information content (AvgIpc) is 2.61. The van der Waals surface area contributed by atoms with Crippen LogP contribution < -0.4 is 5.32 Å². The number of piperidine rings is 1. The molecular weight excluding hydrogens is 328 g/mol. The topological polar surface area (TPSA) is 86.7 Å². The van der Waals surface area contributed by atoms with E-state index in [-0.39, 0.29) is 23.5 Å². The van der Waals surface area contributed by atoms with Crippen molar-refractivity contribution in [3.05, 3.63) is 35.9 Å². The Morgan fingerprint density at radius 1 is 1.17 bits per heavy atom. The van der Waals surface area contributed by atoms with Gasteiger partial charge in [-0.3, -0.25) is 14.4 Å². The first-order valence-electron chi connectivity index (χ1n) is 7.99. The third-order valence-corrected chi connectivity index (χ3v) is 4.89. The van der Waals surface area contributed by atoms with Gasteiger partial charge in [0.05, 0.1) is 5.75 Å². The van der Waals surface area contributed by atoms with Crippen LogP contribution in [0.4, 0.5) is 0 Å². The second kappa shape index (κ2) is 9.32. The number of aliphatic carboxylic acids is 1. The maximum absolute atomic E-state index is 12.3. The van der Waals surface area contributed by atoms with Crippen molar-refractivity contribution in [1.82, 2.24) is 10.2 Å². The first-order chi connectivity index (χ1) is 11.6. The third kappa shape index (κ3) is 5.56. The molecule has 0 aliphatic carbocycles. The van der Waals surface area contributed by atoms with Gasteiger partial charge in [-0.1, -0.05) is 18.2 Å². The molecule has 1 aliphatic rings. The Kier molecular flexibility index (Phi) is 7.11. The minimum atomic E-state index is -0.846. The maximum Gasteiger partial charge on any atom is 0.313 e. The Balaban J connectivity index is 1.69. The number of amides is 2. The predicted octanol–water partition coefficient (Wildman–Crippen LogP) is 1.47. The van der Waals surface area contributed by atoms with Crippen molar-refractivity contribution in [1.29, 1.82) is 0 Å². The van der Waals surface area contributed by atoms with Crippen LogP contribution in [0.3, 0.4) is 0 Å². The highest BCUT2D eigenvalue weighted by molar-refractivity contribution is 7.99. The summed E-state index contributed by atoms with van der Waals surface area (Å²) in [6.07, 6.45) is 1.32. The zero-order valence-electron chi connectivity index (χ0n) is 13.4. The van der Waals surface area contributed by atoms with Crippen LogP contribution in [0.5, 0.6) is 0 Å². The Hall–Kier alpha value is -2.02. The average molecular weight is 350 g/mol. The van der Waals surface area contributed by atoms with Gasteiger partial charge in [0.15, 0.2) is 0 Å². The molecule has 1 heterocycles. The highest BCUT2D eigenvalue weighted by Crippen LogP contribution is 2.19. The summed E-state index contributed by atoms with van der Waals surface area (Å²) in [5.41, 5.74) is 0.677. The summed E-state index contributed by atoms with van der Waals surface area (Å²) >= 11 is 1.28. The molecule has 2 rings (SSSR count). The fourth-order valence-corrected chi connectivity index (χ4v) is 3.22. The Labute approximate surface area is 145 Å². The van der Waals surface area contributed by atoms with Gasteiger partial charge in [0.1, 0.15) is 0 Å². The highest BCUT2D eigenvalue weighted by atomic mass is 32.2. The minimum Gasteiger partial charge on any atom is -0.481 e. The zero-order chi connectivity index (χ0) is 17.4. The number of thioether (sulfide) groups is 1. The second-order valence-corrected chi connectivity index (χ2v) is 6.78. The number of hydrogen-bond donors (Lipinski definition) is 2. The molecule has 6 nitrogen and oxygen atoms in total. The Bertz CT molecular complexity index is 571. The molecule has 7 heteroatoms. The van der Waals surface area contributed by atoms with Gasteiger partial charge in [0, 0.05) is 36.9 Å². The van der Waals surface area contributed by atoms with Crippen LogP contribution >= 0.6 is 11.8 Å². The summed E-state index contributed by atoms with van der Waals surface area (Å²) in [5.74, 6) is -0.271. The summed E-state index contributed by atoms with van der Waals surface area (Å²) in [6, 6.07) is 9.17.